The maximum Gasteiger partial charge on any atom is 0.291 e. The van der Waals surface area contributed by atoms with Crippen molar-refractivity contribution >= 4 is 17.3 Å². The number of nitro groups is 2. The topological polar surface area (TPSA) is 129 Å². The Kier molecular flexibility index (Phi) is 2.84. The van der Waals surface area contributed by atoms with Crippen LogP contribution in [0.2, 0.25) is 0 Å². The van der Waals surface area contributed by atoms with Crippen molar-refractivity contribution < 1.29 is 14.6 Å². The molecule has 84 valence electrons. The SMILES string of the molecule is Cc1c([N+](=O)[O-])ccc(C(N)=O)c1[N+](=O)[O-]. The predicted molar refractivity (Wildman–Crippen MR) is 53.0 cm³/mol. The average molecular weight is 225 g/mol. The molecule has 0 unspecified atom stereocenters. The molecule has 0 atom stereocenters. The molecule has 0 saturated heterocycles. The number of hydrogen-bond acceptors (Lipinski definition) is 5. The van der Waals surface area contributed by atoms with Gasteiger partial charge >= 0.3 is 0 Å². The van der Waals surface area contributed by atoms with Gasteiger partial charge in [0.1, 0.15) is 11.1 Å². The summed E-state index contributed by atoms with van der Waals surface area (Å²) in [6.07, 6.45) is 0. The molecular weight excluding hydrogens is 218 g/mol. The van der Waals surface area contributed by atoms with Crippen molar-refractivity contribution in [3.8, 4) is 0 Å². The highest BCUT2D eigenvalue weighted by atomic mass is 16.6. The Balaban J connectivity index is 3.60. The van der Waals surface area contributed by atoms with Gasteiger partial charge in [-0.1, -0.05) is 0 Å². The van der Waals surface area contributed by atoms with Crippen LogP contribution in [-0.2, 0) is 0 Å². The smallest absolute Gasteiger partial charge is 0.291 e. The average Bonchev–Trinajstić information content (AvgIpc) is 2.15. The number of nitro benzene ring substituents is 2. The van der Waals surface area contributed by atoms with Gasteiger partial charge in [-0.15, -0.1) is 0 Å². The van der Waals surface area contributed by atoms with Crippen molar-refractivity contribution in [2.45, 2.75) is 6.92 Å². The number of carbonyl (C=O) groups is 1. The lowest BCUT2D eigenvalue weighted by Crippen LogP contribution is -2.14. The van der Waals surface area contributed by atoms with E-state index in [0.29, 0.717) is 0 Å². The fourth-order valence-corrected chi connectivity index (χ4v) is 1.32. The molecule has 1 rings (SSSR count). The Hall–Kier alpha value is -2.51. The van der Waals surface area contributed by atoms with Crippen molar-refractivity contribution in [1.29, 1.82) is 0 Å². The summed E-state index contributed by atoms with van der Waals surface area (Å²) in [6.45, 7) is 1.20. The molecule has 1 amide bonds. The van der Waals surface area contributed by atoms with Gasteiger partial charge in [0, 0.05) is 6.07 Å². The largest absolute Gasteiger partial charge is 0.365 e. The van der Waals surface area contributed by atoms with Crippen LogP contribution >= 0.6 is 0 Å². The maximum absolute atomic E-state index is 10.9. The summed E-state index contributed by atoms with van der Waals surface area (Å²) in [6, 6.07) is 1.99. The molecule has 0 aliphatic rings. The quantitative estimate of drug-likeness (QED) is 0.603. The third kappa shape index (κ3) is 1.80. The lowest BCUT2D eigenvalue weighted by atomic mass is 10.1. The van der Waals surface area contributed by atoms with Crippen molar-refractivity contribution in [1.82, 2.24) is 0 Å². The molecule has 0 heterocycles. The number of rotatable bonds is 3. The van der Waals surface area contributed by atoms with E-state index in [1.165, 1.54) is 6.92 Å². The summed E-state index contributed by atoms with van der Waals surface area (Å²) in [5.74, 6) is -0.996. The minimum absolute atomic E-state index is 0.189. The second-order valence-corrected chi connectivity index (χ2v) is 2.98. The molecule has 1 aromatic rings. The van der Waals surface area contributed by atoms with Crippen LogP contribution < -0.4 is 5.73 Å². The molecule has 0 bridgehead atoms. The normalized spacial score (nSPS) is 9.81. The maximum atomic E-state index is 10.9. The van der Waals surface area contributed by atoms with E-state index in [9.17, 15) is 25.0 Å². The van der Waals surface area contributed by atoms with Crippen LogP contribution in [0.15, 0.2) is 12.1 Å². The Labute approximate surface area is 89.0 Å². The van der Waals surface area contributed by atoms with Gasteiger partial charge in [0.2, 0.25) is 0 Å². The standard InChI is InChI=1S/C8H7N3O5/c1-4-6(10(13)14)3-2-5(8(9)12)7(4)11(15)16/h2-3H,1H3,(H2,9,12). The van der Waals surface area contributed by atoms with Gasteiger partial charge in [-0.05, 0) is 13.0 Å². The summed E-state index contributed by atoms with van der Waals surface area (Å²) in [7, 11) is 0. The Bertz CT molecular complexity index is 497. The molecule has 0 aliphatic carbocycles. The molecule has 1 aromatic carbocycles. The molecule has 16 heavy (non-hydrogen) atoms. The van der Waals surface area contributed by atoms with Gasteiger partial charge in [-0.3, -0.25) is 25.0 Å². The van der Waals surface area contributed by atoms with Crippen LogP contribution in [0, 0.1) is 27.2 Å². The lowest BCUT2D eigenvalue weighted by Gasteiger charge is -2.02. The van der Waals surface area contributed by atoms with Crippen LogP contribution in [0.5, 0.6) is 0 Å². The van der Waals surface area contributed by atoms with Crippen LogP contribution in [0.4, 0.5) is 11.4 Å². The molecule has 0 radical (unpaired) electrons. The number of carbonyl (C=O) groups excluding carboxylic acids is 1. The number of hydrogen-bond donors (Lipinski definition) is 1. The van der Waals surface area contributed by atoms with Gasteiger partial charge in [-0.25, -0.2) is 0 Å². The molecular formula is C8H7N3O5. The zero-order valence-corrected chi connectivity index (χ0v) is 8.17. The molecule has 0 saturated carbocycles. The monoisotopic (exact) mass is 225 g/mol. The van der Waals surface area contributed by atoms with E-state index in [0.717, 1.165) is 12.1 Å². The number of benzene rings is 1. The first-order valence-electron chi connectivity index (χ1n) is 4.08. The van der Waals surface area contributed by atoms with E-state index in [1.807, 2.05) is 0 Å². The van der Waals surface area contributed by atoms with Crippen LogP contribution in [0.25, 0.3) is 0 Å². The van der Waals surface area contributed by atoms with Crippen molar-refractivity contribution in [3.05, 3.63) is 43.5 Å². The number of nitrogens with zero attached hydrogens (tertiary/aromatic N) is 2. The highest BCUT2D eigenvalue weighted by Crippen LogP contribution is 2.30. The number of amides is 1. The molecule has 8 nitrogen and oxygen atoms in total. The van der Waals surface area contributed by atoms with Gasteiger partial charge in [0.05, 0.1) is 9.85 Å². The second kappa shape index (κ2) is 3.93. The van der Waals surface area contributed by atoms with Crippen LogP contribution in [-0.4, -0.2) is 15.8 Å². The van der Waals surface area contributed by atoms with Crippen LogP contribution in [0.1, 0.15) is 15.9 Å². The third-order valence-corrected chi connectivity index (χ3v) is 2.05. The van der Waals surface area contributed by atoms with Crippen molar-refractivity contribution in [2.24, 2.45) is 5.73 Å². The molecule has 8 heteroatoms. The molecule has 0 aromatic heterocycles. The molecule has 0 aliphatic heterocycles. The first-order chi connectivity index (χ1) is 7.36. The fourth-order valence-electron chi connectivity index (χ4n) is 1.32. The molecule has 2 N–H and O–H groups in total. The minimum Gasteiger partial charge on any atom is -0.365 e. The van der Waals surface area contributed by atoms with E-state index in [1.54, 1.807) is 0 Å². The number of primary amides is 1. The van der Waals surface area contributed by atoms with Gasteiger partial charge in [0.15, 0.2) is 0 Å². The van der Waals surface area contributed by atoms with E-state index >= 15 is 0 Å². The van der Waals surface area contributed by atoms with E-state index in [2.05, 4.69) is 0 Å². The second-order valence-electron chi connectivity index (χ2n) is 2.98. The Morgan fingerprint density at radius 3 is 2.19 bits per heavy atom. The molecule has 0 spiro atoms. The first kappa shape index (κ1) is 11.6. The Morgan fingerprint density at radius 1 is 1.25 bits per heavy atom. The van der Waals surface area contributed by atoms with Crippen molar-refractivity contribution in [2.75, 3.05) is 0 Å². The molecule has 0 fully saturated rings. The summed E-state index contributed by atoms with van der Waals surface area (Å²) in [5, 5.41) is 21.2. The highest BCUT2D eigenvalue weighted by molar-refractivity contribution is 5.98. The summed E-state index contributed by atoms with van der Waals surface area (Å²) in [4.78, 5) is 30.5. The minimum atomic E-state index is -0.996. The van der Waals surface area contributed by atoms with E-state index in [4.69, 9.17) is 5.73 Å². The fraction of sp³-hybridized carbons (Fsp3) is 0.125. The lowest BCUT2D eigenvalue weighted by molar-refractivity contribution is -0.395. The van der Waals surface area contributed by atoms with Crippen LogP contribution in [0.3, 0.4) is 0 Å². The summed E-state index contributed by atoms with van der Waals surface area (Å²) >= 11 is 0. The summed E-state index contributed by atoms with van der Waals surface area (Å²) in [5.41, 5.74) is 3.36. The Morgan fingerprint density at radius 2 is 1.81 bits per heavy atom. The zero-order chi connectivity index (χ0) is 12.5. The third-order valence-electron chi connectivity index (χ3n) is 2.05. The predicted octanol–water partition coefficient (Wildman–Crippen LogP) is 0.910. The van der Waals surface area contributed by atoms with Gasteiger partial charge in [0.25, 0.3) is 17.3 Å². The van der Waals surface area contributed by atoms with Gasteiger partial charge in [-0.2, -0.15) is 0 Å². The van der Waals surface area contributed by atoms with E-state index in [-0.39, 0.29) is 11.1 Å². The zero-order valence-electron chi connectivity index (χ0n) is 8.17. The van der Waals surface area contributed by atoms with E-state index < -0.39 is 27.1 Å². The van der Waals surface area contributed by atoms with Crippen molar-refractivity contribution in [3.63, 3.8) is 0 Å². The first-order valence-corrected chi connectivity index (χ1v) is 4.08. The van der Waals surface area contributed by atoms with Gasteiger partial charge < -0.3 is 5.73 Å². The highest BCUT2D eigenvalue weighted by Gasteiger charge is 2.27. The summed E-state index contributed by atoms with van der Waals surface area (Å²) < 4.78 is 0. The number of nitrogens with two attached hydrogens (primary N) is 1.